The summed E-state index contributed by atoms with van der Waals surface area (Å²) < 4.78 is 12.1. The van der Waals surface area contributed by atoms with E-state index in [1.807, 2.05) is 18.2 Å². The molecule has 3 aromatic carbocycles. The molecule has 0 amide bonds. The molecular weight excluding hydrogens is 296 g/mol. The predicted octanol–water partition coefficient (Wildman–Crippen LogP) is 5.48. The van der Waals surface area contributed by atoms with Crippen LogP contribution in [0.15, 0.2) is 60.7 Å². The average molecular weight is 316 g/mol. The highest BCUT2D eigenvalue weighted by molar-refractivity contribution is 5.93. The third-order valence-electron chi connectivity index (χ3n) is 4.77. The van der Waals surface area contributed by atoms with Crippen LogP contribution >= 0.6 is 0 Å². The molecule has 1 atom stereocenters. The van der Waals surface area contributed by atoms with Gasteiger partial charge in [-0.3, -0.25) is 0 Å². The first-order chi connectivity index (χ1) is 11.6. The first-order valence-corrected chi connectivity index (χ1v) is 8.16. The molecule has 0 aromatic heterocycles. The zero-order valence-corrected chi connectivity index (χ0v) is 14.2. The van der Waals surface area contributed by atoms with Gasteiger partial charge in [-0.2, -0.15) is 0 Å². The fourth-order valence-corrected chi connectivity index (χ4v) is 3.47. The molecular formula is C22H20O2. The van der Waals surface area contributed by atoms with Crippen molar-refractivity contribution in [1.82, 2.24) is 0 Å². The summed E-state index contributed by atoms with van der Waals surface area (Å²) in [5.74, 6) is 1.78. The topological polar surface area (TPSA) is 18.5 Å². The number of hydrogen-bond donors (Lipinski definition) is 0. The highest BCUT2D eigenvalue weighted by Crippen LogP contribution is 2.44. The first kappa shape index (κ1) is 14.8. The number of methoxy groups -OCH3 is 1. The molecule has 0 N–H and O–H groups in total. The Morgan fingerprint density at radius 1 is 1.00 bits per heavy atom. The average Bonchev–Trinajstić information content (AvgIpc) is 2.61. The Kier molecular flexibility index (Phi) is 3.34. The number of aryl methyl sites for hydroxylation is 1. The molecule has 0 bridgehead atoms. The minimum atomic E-state index is -0.559. The van der Waals surface area contributed by atoms with Crippen LogP contribution in [-0.2, 0) is 5.60 Å². The summed E-state index contributed by atoms with van der Waals surface area (Å²) in [6.07, 6.45) is 4.29. The van der Waals surface area contributed by atoms with E-state index in [0.717, 1.165) is 28.0 Å². The maximum absolute atomic E-state index is 6.58. The summed E-state index contributed by atoms with van der Waals surface area (Å²) in [6, 6.07) is 18.6. The van der Waals surface area contributed by atoms with E-state index in [1.165, 1.54) is 10.9 Å². The van der Waals surface area contributed by atoms with Crippen molar-refractivity contribution >= 4 is 16.8 Å². The molecule has 0 radical (unpaired) electrons. The van der Waals surface area contributed by atoms with E-state index in [0.29, 0.717) is 0 Å². The predicted molar refractivity (Wildman–Crippen MR) is 98.7 cm³/mol. The third kappa shape index (κ3) is 2.18. The highest BCUT2D eigenvalue weighted by Gasteiger charge is 2.33. The zero-order chi connectivity index (χ0) is 16.7. The van der Waals surface area contributed by atoms with E-state index in [1.54, 1.807) is 7.11 Å². The van der Waals surface area contributed by atoms with Gasteiger partial charge in [-0.25, -0.2) is 0 Å². The normalized spacial score (nSPS) is 19.0. The first-order valence-electron chi connectivity index (χ1n) is 8.16. The number of fused-ring (bicyclic) bond motifs is 3. The van der Waals surface area contributed by atoms with Crippen LogP contribution in [0.25, 0.3) is 16.8 Å². The maximum Gasteiger partial charge on any atom is 0.153 e. The van der Waals surface area contributed by atoms with Crippen LogP contribution in [0, 0.1) is 6.92 Å². The van der Waals surface area contributed by atoms with Gasteiger partial charge >= 0.3 is 0 Å². The summed E-state index contributed by atoms with van der Waals surface area (Å²) in [5, 5.41) is 2.34. The molecule has 3 aromatic rings. The lowest BCUT2D eigenvalue weighted by Gasteiger charge is -2.34. The smallest absolute Gasteiger partial charge is 0.153 e. The second kappa shape index (κ2) is 5.41. The molecule has 0 saturated carbocycles. The Hall–Kier alpha value is -2.74. The van der Waals surface area contributed by atoms with Crippen LogP contribution in [0.5, 0.6) is 11.5 Å². The molecule has 0 fully saturated rings. The SMILES string of the molecule is COc1ccccc1C1(C)C=Cc2c(C)cc3ccccc3c2O1. The molecule has 1 aliphatic heterocycles. The molecule has 1 unspecified atom stereocenters. The van der Waals surface area contributed by atoms with Gasteiger partial charge in [0.1, 0.15) is 11.5 Å². The molecule has 0 aliphatic carbocycles. The molecule has 2 nitrogen and oxygen atoms in total. The van der Waals surface area contributed by atoms with E-state index in [-0.39, 0.29) is 0 Å². The fourth-order valence-electron chi connectivity index (χ4n) is 3.47. The van der Waals surface area contributed by atoms with Crippen molar-refractivity contribution in [2.75, 3.05) is 7.11 Å². The van der Waals surface area contributed by atoms with Crippen molar-refractivity contribution in [1.29, 1.82) is 0 Å². The molecule has 0 spiro atoms. The summed E-state index contributed by atoms with van der Waals surface area (Å²) in [6.45, 7) is 4.21. The van der Waals surface area contributed by atoms with E-state index in [9.17, 15) is 0 Å². The Bertz CT molecular complexity index is 955. The van der Waals surface area contributed by atoms with Crippen LogP contribution in [0.4, 0.5) is 0 Å². The van der Waals surface area contributed by atoms with E-state index in [2.05, 4.69) is 62.4 Å². The number of benzene rings is 3. The van der Waals surface area contributed by atoms with Crippen molar-refractivity contribution in [2.24, 2.45) is 0 Å². The van der Waals surface area contributed by atoms with Gasteiger partial charge in [0.05, 0.1) is 7.11 Å². The lowest BCUT2D eigenvalue weighted by Crippen LogP contribution is -2.30. The van der Waals surface area contributed by atoms with Crippen molar-refractivity contribution in [3.8, 4) is 11.5 Å². The zero-order valence-electron chi connectivity index (χ0n) is 14.2. The molecule has 4 rings (SSSR count). The molecule has 1 aliphatic rings. The van der Waals surface area contributed by atoms with Gasteiger partial charge in [-0.15, -0.1) is 0 Å². The van der Waals surface area contributed by atoms with Gasteiger partial charge in [0.2, 0.25) is 0 Å². The van der Waals surface area contributed by atoms with Crippen LogP contribution in [0.2, 0.25) is 0 Å². The summed E-state index contributed by atoms with van der Waals surface area (Å²) in [5.41, 5.74) is 2.85. The highest BCUT2D eigenvalue weighted by atomic mass is 16.5. The Labute approximate surface area is 142 Å². The quantitative estimate of drug-likeness (QED) is 0.623. The van der Waals surface area contributed by atoms with Crippen LogP contribution < -0.4 is 9.47 Å². The van der Waals surface area contributed by atoms with Gasteiger partial charge in [-0.1, -0.05) is 54.6 Å². The lowest BCUT2D eigenvalue weighted by atomic mass is 9.89. The number of rotatable bonds is 2. The van der Waals surface area contributed by atoms with Crippen molar-refractivity contribution < 1.29 is 9.47 Å². The molecule has 120 valence electrons. The lowest BCUT2D eigenvalue weighted by molar-refractivity contribution is 0.136. The fraction of sp³-hybridized carbons (Fsp3) is 0.182. The van der Waals surface area contributed by atoms with Gasteiger partial charge in [0.25, 0.3) is 0 Å². The number of hydrogen-bond acceptors (Lipinski definition) is 2. The third-order valence-corrected chi connectivity index (χ3v) is 4.77. The Morgan fingerprint density at radius 2 is 1.75 bits per heavy atom. The molecule has 1 heterocycles. The molecule has 24 heavy (non-hydrogen) atoms. The molecule has 0 saturated heterocycles. The summed E-state index contributed by atoms with van der Waals surface area (Å²) in [7, 11) is 1.70. The molecule has 2 heteroatoms. The van der Waals surface area contributed by atoms with Crippen LogP contribution in [-0.4, -0.2) is 7.11 Å². The van der Waals surface area contributed by atoms with Crippen LogP contribution in [0.1, 0.15) is 23.6 Å². The van der Waals surface area contributed by atoms with Crippen molar-refractivity contribution in [3.63, 3.8) is 0 Å². The van der Waals surface area contributed by atoms with E-state index in [4.69, 9.17) is 9.47 Å². The summed E-state index contributed by atoms with van der Waals surface area (Å²) >= 11 is 0. The second-order valence-corrected chi connectivity index (χ2v) is 6.40. The monoisotopic (exact) mass is 316 g/mol. The van der Waals surface area contributed by atoms with Gasteiger partial charge in [0, 0.05) is 16.5 Å². The van der Waals surface area contributed by atoms with E-state index >= 15 is 0 Å². The van der Waals surface area contributed by atoms with Gasteiger partial charge in [0.15, 0.2) is 5.60 Å². The van der Waals surface area contributed by atoms with Gasteiger partial charge in [-0.05, 0) is 36.9 Å². The maximum atomic E-state index is 6.58. The Morgan fingerprint density at radius 3 is 2.58 bits per heavy atom. The van der Waals surface area contributed by atoms with E-state index < -0.39 is 5.60 Å². The van der Waals surface area contributed by atoms with Crippen LogP contribution in [0.3, 0.4) is 0 Å². The largest absolute Gasteiger partial charge is 0.496 e. The number of para-hydroxylation sites is 1. The Balaban J connectivity index is 1.93. The van der Waals surface area contributed by atoms with Crippen molar-refractivity contribution in [3.05, 3.63) is 77.4 Å². The standard InChI is InChI=1S/C22H20O2/c1-15-14-16-8-4-5-9-18(16)21-17(15)12-13-22(2,24-21)19-10-6-7-11-20(19)23-3/h4-14H,1-3H3. The minimum absolute atomic E-state index is 0.559. The minimum Gasteiger partial charge on any atom is -0.496 e. The van der Waals surface area contributed by atoms with Gasteiger partial charge < -0.3 is 9.47 Å². The summed E-state index contributed by atoms with van der Waals surface area (Å²) in [4.78, 5) is 0. The van der Waals surface area contributed by atoms with Crippen molar-refractivity contribution in [2.45, 2.75) is 19.4 Å². The number of ether oxygens (including phenoxy) is 2. The second-order valence-electron chi connectivity index (χ2n) is 6.40.